The van der Waals surface area contributed by atoms with Gasteiger partial charge in [-0.1, -0.05) is 12.1 Å². The molecule has 0 spiro atoms. The number of nitrogens with zero attached hydrogens (tertiary/aromatic N) is 2. The van der Waals surface area contributed by atoms with Gasteiger partial charge in [0, 0.05) is 17.7 Å². The zero-order valence-corrected chi connectivity index (χ0v) is 17.1. The van der Waals surface area contributed by atoms with E-state index in [0.717, 1.165) is 41.9 Å². The molecule has 1 fully saturated rings. The topological polar surface area (TPSA) is 72.9 Å². The average Bonchev–Trinajstić information content (AvgIpc) is 3.13. The molecule has 144 valence electrons. The van der Waals surface area contributed by atoms with E-state index in [-0.39, 0.29) is 48.7 Å². The Morgan fingerprint density at radius 2 is 1.88 bits per heavy atom. The van der Waals surface area contributed by atoms with Crippen molar-refractivity contribution in [3.63, 3.8) is 0 Å². The Hall–Kier alpha value is -1.56. The molecule has 0 aliphatic heterocycles. The van der Waals surface area contributed by atoms with Crippen molar-refractivity contribution in [3.05, 3.63) is 47.3 Å². The highest BCUT2D eigenvalue weighted by Gasteiger charge is 2.28. The number of hydrogen-bond donors (Lipinski definition) is 2. The van der Waals surface area contributed by atoms with E-state index in [9.17, 15) is 4.79 Å². The summed E-state index contributed by atoms with van der Waals surface area (Å²) in [5, 5.41) is 7.61. The minimum atomic E-state index is -0.0103. The summed E-state index contributed by atoms with van der Waals surface area (Å²) in [7, 11) is 0. The third-order valence-electron chi connectivity index (χ3n) is 4.85. The second-order valence-corrected chi connectivity index (χ2v) is 6.93. The molecular formula is C19H28Cl2N4O. The van der Waals surface area contributed by atoms with Crippen molar-refractivity contribution in [2.24, 2.45) is 11.7 Å². The van der Waals surface area contributed by atoms with Crippen LogP contribution in [0, 0.1) is 19.8 Å². The molecule has 1 aromatic carbocycles. The second kappa shape index (κ2) is 9.40. The maximum absolute atomic E-state index is 12.3. The van der Waals surface area contributed by atoms with E-state index < -0.39 is 0 Å². The fourth-order valence-corrected chi connectivity index (χ4v) is 3.46. The highest BCUT2D eigenvalue weighted by molar-refractivity contribution is 5.85. The normalized spacial score (nSPS) is 20.0. The predicted octanol–water partition coefficient (Wildman–Crippen LogP) is 3.64. The lowest BCUT2D eigenvalue weighted by molar-refractivity contribution is -0.125. The first kappa shape index (κ1) is 22.5. The van der Waals surface area contributed by atoms with Crippen LogP contribution in [0.4, 0.5) is 0 Å². The second-order valence-electron chi connectivity index (χ2n) is 6.93. The first-order chi connectivity index (χ1) is 11.4. The maximum Gasteiger partial charge on any atom is 0.223 e. The summed E-state index contributed by atoms with van der Waals surface area (Å²) in [6.07, 6.45) is 2.65. The largest absolute Gasteiger partial charge is 0.349 e. The first-order valence-electron chi connectivity index (χ1n) is 8.63. The highest BCUT2D eigenvalue weighted by Crippen LogP contribution is 2.25. The van der Waals surface area contributed by atoms with Crippen molar-refractivity contribution >= 4 is 30.7 Å². The van der Waals surface area contributed by atoms with E-state index in [1.807, 2.05) is 37.6 Å². The van der Waals surface area contributed by atoms with Crippen LogP contribution in [0.1, 0.15) is 49.2 Å². The molecule has 0 radical (unpaired) electrons. The van der Waals surface area contributed by atoms with E-state index in [1.165, 1.54) is 0 Å². The number of amides is 1. The van der Waals surface area contributed by atoms with Gasteiger partial charge in [-0.05, 0) is 63.8 Å². The van der Waals surface area contributed by atoms with Crippen molar-refractivity contribution in [3.8, 4) is 5.69 Å². The molecule has 1 aromatic heterocycles. The fourth-order valence-electron chi connectivity index (χ4n) is 3.46. The highest BCUT2D eigenvalue weighted by atomic mass is 35.5. The molecule has 3 rings (SSSR count). The van der Waals surface area contributed by atoms with Gasteiger partial charge >= 0.3 is 0 Å². The SMILES string of the molecule is Cc1cc(C)n(-c2ccc(C(C)NC(=O)C3CCC(N)C3)cc2)n1.Cl.Cl. The zero-order valence-electron chi connectivity index (χ0n) is 15.4. The van der Waals surface area contributed by atoms with Crippen LogP contribution in [0.15, 0.2) is 30.3 Å². The summed E-state index contributed by atoms with van der Waals surface area (Å²) in [5.41, 5.74) is 10.1. The Labute approximate surface area is 167 Å². The summed E-state index contributed by atoms with van der Waals surface area (Å²) in [6, 6.07) is 10.4. The molecule has 0 saturated heterocycles. The minimum absolute atomic E-state index is 0. The van der Waals surface area contributed by atoms with Crippen LogP contribution in [-0.2, 0) is 4.79 Å². The van der Waals surface area contributed by atoms with Crippen LogP contribution in [0.2, 0.25) is 0 Å². The first-order valence-corrected chi connectivity index (χ1v) is 8.63. The van der Waals surface area contributed by atoms with Crippen LogP contribution in [-0.4, -0.2) is 21.7 Å². The number of carbonyl (C=O) groups excluding carboxylic acids is 1. The number of nitrogens with one attached hydrogen (secondary N) is 1. The van der Waals surface area contributed by atoms with Gasteiger partial charge in [0.2, 0.25) is 5.91 Å². The molecule has 1 aliphatic carbocycles. The molecule has 5 nitrogen and oxygen atoms in total. The Balaban J connectivity index is 0.00000169. The van der Waals surface area contributed by atoms with E-state index in [0.29, 0.717) is 0 Å². The van der Waals surface area contributed by atoms with Crippen molar-refractivity contribution < 1.29 is 4.79 Å². The number of benzene rings is 1. The molecule has 3 unspecified atom stereocenters. The van der Waals surface area contributed by atoms with Gasteiger partial charge in [-0.3, -0.25) is 4.79 Å². The summed E-state index contributed by atoms with van der Waals surface area (Å²) >= 11 is 0. The van der Waals surface area contributed by atoms with Crippen molar-refractivity contribution in [2.75, 3.05) is 0 Å². The van der Waals surface area contributed by atoms with Crippen LogP contribution in [0.5, 0.6) is 0 Å². The molecule has 1 heterocycles. The lowest BCUT2D eigenvalue weighted by Crippen LogP contribution is -2.32. The number of aryl methyl sites for hydroxylation is 2. The minimum Gasteiger partial charge on any atom is -0.349 e. The Bertz CT molecular complexity index is 730. The summed E-state index contributed by atoms with van der Waals surface area (Å²) in [4.78, 5) is 12.3. The molecular weight excluding hydrogens is 371 g/mol. The van der Waals surface area contributed by atoms with Gasteiger partial charge in [-0.25, -0.2) is 4.68 Å². The monoisotopic (exact) mass is 398 g/mol. The molecule has 3 N–H and O–H groups in total. The third kappa shape index (κ3) is 5.00. The van der Waals surface area contributed by atoms with Gasteiger partial charge in [0.15, 0.2) is 0 Å². The van der Waals surface area contributed by atoms with Gasteiger partial charge in [-0.15, -0.1) is 24.8 Å². The van der Waals surface area contributed by atoms with Crippen LogP contribution < -0.4 is 11.1 Å². The third-order valence-corrected chi connectivity index (χ3v) is 4.85. The van der Waals surface area contributed by atoms with Crippen molar-refractivity contribution in [1.82, 2.24) is 15.1 Å². The summed E-state index contributed by atoms with van der Waals surface area (Å²) in [6.45, 7) is 6.05. The molecule has 1 saturated carbocycles. The fraction of sp³-hybridized carbons (Fsp3) is 0.474. The van der Waals surface area contributed by atoms with Crippen molar-refractivity contribution in [1.29, 1.82) is 0 Å². The van der Waals surface area contributed by atoms with Gasteiger partial charge in [0.1, 0.15) is 0 Å². The lowest BCUT2D eigenvalue weighted by Gasteiger charge is -2.18. The summed E-state index contributed by atoms with van der Waals surface area (Å²) in [5.74, 6) is 0.189. The molecule has 2 aromatic rings. The Kier molecular flexibility index (Phi) is 8.13. The van der Waals surface area contributed by atoms with E-state index in [1.54, 1.807) is 0 Å². The zero-order chi connectivity index (χ0) is 17.3. The van der Waals surface area contributed by atoms with E-state index >= 15 is 0 Å². The standard InChI is InChI=1S/C19H26N4O.2ClH/c1-12-10-13(2)23(22-12)18-8-5-15(6-9-18)14(3)21-19(24)16-4-7-17(20)11-16;;/h5-6,8-10,14,16-17H,4,7,11,20H2,1-3H3,(H,21,24);2*1H. The average molecular weight is 399 g/mol. The smallest absolute Gasteiger partial charge is 0.223 e. The lowest BCUT2D eigenvalue weighted by atomic mass is 10.0. The van der Waals surface area contributed by atoms with Gasteiger partial charge < -0.3 is 11.1 Å². The Morgan fingerprint density at radius 3 is 2.38 bits per heavy atom. The van der Waals surface area contributed by atoms with Crippen molar-refractivity contribution in [2.45, 2.75) is 52.1 Å². The van der Waals surface area contributed by atoms with E-state index in [4.69, 9.17) is 5.73 Å². The molecule has 0 bridgehead atoms. The number of aromatic nitrogens is 2. The number of nitrogens with two attached hydrogens (primary N) is 1. The molecule has 7 heteroatoms. The quantitative estimate of drug-likeness (QED) is 0.825. The molecule has 1 aliphatic rings. The summed E-state index contributed by atoms with van der Waals surface area (Å²) < 4.78 is 1.93. The number of hydrogen-bond acceptors (Lipinski definition) is 3. The molecule has 3 atom stereocenters. The number of halogens is 2. The van der Waals surface area contributed by atoms with Gasteiger partial charge in [0.05, 0.1) is 17.4 Å². The molecule has 26 heavy (non-hydrogen) atoms. The van der Waals surface area contributed by atoms with E-state index in [2.05, 4.69) is 28.6 Å². The van der Waals surface area contributed by atoms with Gasteiger partial charge in [-0.2, -0.15) is 5.10 Å². The van der Waals surface area contributed by atoms with Gasteiger partial charge in [0.25, 0.3) is 0 Å². The predicted molar refractivity (Wildman–Crippen MR) is 109 cm³/mol. The molecule has 1 amide bonds. The van der Waals surface area contributed by atoms with Crippen LogP contribution in [0.3, 0.4) is 0 Å². The number of rotatable bonds is 4. The van der Waals surface area contributed by atoms with Crippen LogP contribution in [0.25, 0.3) is 5.69 Å². The van der Waals surface area contributed by atoms with Crippen LogP contribution >= 0.6 is 24.8 Å². The Morgan fingerprint density at radius 1 is 1.23 bits per heavy atom. The number of carbonyl (C=O) groups is 1. The maximum atomic E-state index is 12.3.